The first-order valence-electron chi connectivity index (χ1n) is 9.03. The van der Waals surface area contributed by atoms with E-state index in [0.29, 0.717) is 25.9 Å². The number of nitrogens with zero attached hydrogens (tertiary/aromatic N) is 3. The van der Waals surface area contributed by atoms with E-state index in [4.69, 9.17) is 0 Å². The first-order chi connectivity index (χ1) is 12.5. The van der Waals surface area contributed by atoms with Crippen LogP contribution in [0.2, 0.25) is 0 Å². The first-order valence-corrected chi connectivity index (χ1v) is 11.7. The Morgan fingerprint density at radius 3 is 2.65 bits per heavy atom. The molecule has 0 bridgehead atoms. The number of hydrogen-bond acceptors (Lipinski definition) is 6. The van der Waals surface area contributed by atoms with Crippen LogP contribution in [0, 0.1) is 5.92 Å². The van der Waals surface area contributed by atoms with Crippen LogP contribution < -0.4 is 0 Å². The maximum atomic E-state index is 12.4. The van der Waals surface area contributed by atoms with Gasteiger partial charge in [0.1, 0.15) is 5.01 Å². The third-order valence-corrected chi connectivity index (χ3v) is 8.07. The highest BCUT2D eigenvalue weighted by molar-refractivity contribution is 7.91. The van der Waals surface area contributed by atoms with Crippen molar-refractivity contribution in [2.45, 2.75) is 19.4 Å². The molecule has 2 aliphatic heterocycles. The second kappa shape index (κ2) is 7.25. The van der Waals surface area contributed by atoms with Crippen LogP contribution in [0.15, 0.2) is 24.3 Å². The number of hydrogen-bond donors (Lipinski definition) is 0. The van der Waals surface area contributed by atoms with E-state index in [1.54, 1.807) is 11.3 Å². The van der Waals surface area contributed by atoms with E-state index in [9.17, 15) is 13.2 Å². The number of rotatable bonds is 4. The molecule has 0 spiro atoms. The SMILES string of the molecule is O=C(C[C@H]1CCS(=O)(=O)C1)N1CCN(Cc2nc3ccccc3s2)CC1. The Bertz CT molecular complexity index is 868. The zero-order valence-corrected chi connectivity index (χ0v) is 16.3. The van der Waals surface area contributed by atoms with E-state index >= 15 is 0 Å². The summed E-state index contributed by atoms with van der Waals surface area (Å²) in [5, 5.41) is 1.11. The van der Waals surface area contributed by atoms with Crippen LogP contribution in [0.4, 0.5) is 0 Å². The van der Waals surface area contributed by atoms with Crippen LogP contribution in [-0.2, 0) is 21.2 Å². The van der Waals surface area contributed by atoms with Crippen molar-refractivity contribution in [3.05, 3.63) is 29.3 Å². The maximum Gasteiger partial charge on any atom is 0.222 e. The molecule has 2 aromatic rings. The number of para-hydroxylation sites is 1. The number of sulfone groups is 1. The third kappa shape index (κ3) is 4.07. The largest absolute Gasteiger partial charge is 0.340 e. The molecular weight excluding hydrogens is 370 g/mol. The number of piperazine rings is 1. The molecule has 1 atom stereocenters. The molecule has 2 saturated heterocycles. The molecule has 3 heterocycles. The summed E-state index contributed by atoms with van der Waals surface area (Å²) in [6, 6.07) is 8.17. The second-order valence-corrected chi connectivity index (χ2v) is 10.5. The number of carbonyl (C=O) groups is 1. The van der Waals surface area contributed by atoms with Crippen molar-refractivity contribution >= 4 is 37.3 Å². The Balaban J connectivity index is 1.27. The highest BCUT2D eigenvalue weighted by atomic mass is 32.2. The van der Waals surface area contributed by atoms with Crippen LogP contribution in [0.3, 0.4) is 0 Å². The molecule has 0 aliphatic carbocycles. The number of benzene rings is 1. The van der Waals surface area contributed by atoms with Crippen LogP contribution in [0.25, 0.3) is 10.2 Å². The second-order valence-electron chi connectivity index (χ2n) is 7.21. The summed E-state index contributed by atoms with van der Waals surface area (Å²) in [4.78, 5) is 21.4. The van der Waals surface area contributed by atoms with Crippen LogP contribution in [-0.4, -0.2) is 66.8 Å². The quantitative estimate of drug-likeness (QED) is 0.792. The van der Waals surface area contributed by atoms with Gasteiger partial charge < -0.3 is 4.90 Å². The molecule has 1 aromatic carbocycles. The van der Waals surface area contributed by atoms with Gasteiger partial charge in [-0.1, -0.05) is 12.1 Å². The van der Waals surface area contributed by atoms with Crippen molar-refractivity contribution in [2.75, 3.05) is 37.7 Å². The van der Waals surface area contributed by atoms with Crippen molar-refractivity contribution in [1.29, 1.82) is 0 Å². The van der Waals surface area contributed by atoms with Crippen molar-refractivity contribution in [3.63, 3.8) is 0 Å². The summed E-state index contributed by atoms with van der Waals surface area (Å²) < 4.78 is 24.3. The van der Waals surface area contributed by atoms with Gasteiger partial charge in [-0.3, -0.25) is 9.69 Å². The van der Waals surface area contributed by atoms with Crippen molar-refractivity contribution in [3.8, 4) is 0 Å². The molecule has 140 valence electrons. The molecule has 8 heteroatoms. The van der Waals surface area contributed by atoms with Gasteiger partial charge in [0.25, 0.3) is 0 Å². The predicted molar refractivity (Wildman–Crippen MR) is 103 cm³/mol. The van der Waals surface area contributed by atoms with Gasteiger partial charge in [0.15, 0.2) is 9.84 Å². The minimum absolute atomic E-state index is 0.00766. The Morgan fingerprint density at radius 2 is 1.96 bits per heavy atom. The Kier molecular flexibility index (Phi) is 4.98. The summed E-state index contributed by atoms with van der Waals surface area (Å²) >= 11 is 1.73. The summed E-state index contributed by atoms with van der Waals surface area (Å²) in [6.45, 7) is 3.92. The summed E-state index contributed by atoms with van der Waals surface area (Å²) in [7, 11) is -2.91. The standard InChI is InChI=1S/C18H23N3O3S2/c22-18(11-14-5-10-26(23,24)13-14)21-8-6-20(7-9-21)12-17-19-15-3-1-2-4-16(15)25-17/h1-4,14H,5-13H2/t14-/m1/s1. The lowest BCUT2D eigenvalue weighted by molar-refractivity contribution is -0.133. The monoisotopic (exact) mass is 393 g/mol. The van der Waals surface area contributed by atoms with Gasteiger partial charge >= 0.3 is 0 Å². The number of aromatic nitrogens is 1. The Morgan fingerprint density at radius 1 is 1.19 bits per heavy atom. The molecule has 2 aliphatic rings. The molecule has 1 aromatic heterocycles. The molecule has 0 unspecified atom stereocenters. The fourth-order valence-electron chi connectivity index (χ4n) is 3.74. The number of amides is 1. The topological polar surface area (TPSA) is 70.6 Å². The third-order valence-electron chi connectivity index (χ3n) is 5.21. The Labute approximate surface area is 157 Å². The van der Waals surface area contributed by atoms with Crippen LogP contribution in [0.1, 0.15) is 17.8 Å². The zero-order valence-electron chi connectivity index (χ0n) is 14.6. The van der Waals surface area contributed by atoms with Crippen molar-refractivity contribution in [1.82, 2.24) is 14.8 Å². The van der Waals surface area contributed by atoms with Gasteiger partial charge in [-0.2, -0.15) is 0 Å². The minimum Gasteiger partial charge on any atom is -0.340 e. The molecule has 1 amide bonds. The first kappa shape index (κ1) is 17.9. The summed E-state index contributed by atoms with van der Waals surface area (Å²) in [6.07, 6.45) is 1.00. The number of thiazole rings is 1. The molecule has 0 radical (unpaired) electrons. The molecule has 0 N–H and O–H groups in total. The minimum atomic E-state index is -2.91. The van der Waals surface area contributed by atoms with Crippen LogP contribution >= 0.6 is 11.3 Å². The fraction of sp³-hybridized carbons (Fsp3) is 0.556. The smallest absolute Gasteiger partial charge is 0.222 e. The molecule has 26 heavy (non-hydrogen) atoms. The average molecular weight is 394 g/mol. The van der Waals surface area contributed by atoms with E-state index in [1.807, 2.05) is 23.1 Å². The molecule has 4 rings (SSSR count). The van der Waals surface area contributed by atoms with Gasteiger partial charge in [-0.15, -0.1) is 11.3 Å². The summed E-state index contributed by atoms with van der Waals surface area (Å²) in [5.74, 6) is 0.525. The lowest BCUT2D eigenvalue weighted by Gasteiger charge is -2.34. The Hall–Kier alpha value is -1.51. The van der Waals surface area contributed by atoms with Gasteiger partial charge in [0.2, 0.25) is 5.91 Å². The highest BCUT2D eigenvalue weighted by Gasteiger charge is 2.31. The van der Waals surface area contributed by atoms with E-state index < -0.39 is 9.84 Å². The van der Waals surface area contributed by atoms with E-state index in [-0.39, 0.29) is 23.3 Å². The van der Waals surface area contributed by atoms with E-state index in [1.165, 1.54) is 4.70 Å². The predicted octanol–water partition coefficient (Wildman–Crippen LogP) is 1.77. The lowest BCUT2D eigenvalue weighted by atomic mass is 10.0. The molecular formula is C18H23N3O3S2. The number of fused-ring (bicyclic) bond motifs is 1. The van der Waals surface area contributed by atoms with E-state index in [2.05, 4.69) is 16.0 Å². The van der Waals surface area contributed by atoms with E-state index in [0.717, 1.165) is 30.2 Å². The average Bonchev–Trinajstić information content (AvgIpc) is 3.17. The van der Waals surface area contributed by atoms with Gasteiger partial charge in [-0.05, 0) is 24.5 Å². The zero-order chi connectivity index (χ0) is 18.1. The van der Waals surface area contributed by atoms with Crippen molar-refractivity contribution < 1.29 is 13.2 Å². The maximum absolute atomic E-state index is 12.4. The van der Waals surface area contributed by atoms with Gasteiger partial charge in [-0.25, -0.2) is 13.4 Å². The highest BCUT2D eigenvalue weighted by Crippen LogP contribution is 2.24. The van der Waals surface area contributed by atoms with Crippen LogP contribution in [0.5, 0.6) is 0 Å². The molecule has 0 saturated carbocycles. The molecule has 6 nitrogen and oxygen atoms in total. The van der Waals surface area contributed by atoms with Gasteiger partial charge in [0, 0.05) is 32.6 Å². The van der Waals surface area contributed by atoms with Gasteiger partial charge in [0.05, 0.1) is 28.3 Å². The number of carbonyl (C=O) groups excluding carboxylic acids is 1. The normalized spacial score (nSPS) is 23.5. The lowest BCUT2D eigenvalue weighted by Crippen LogP contribution is -2.48. The summed E-state index contributed by atoms with van der Waals surface area (Å²) in [5.41, 5.74) is 1.05. The fourth-order valence-corrected chi connectivity index (χ4v) is 6.61. The molecule has 2 fully saturated rings. The van der Waals surface area contributed by atoms with Crippen molar-refractivity contribution in [2.24, 2.45) is 5.92 Å².